The maximum absolute atomic E-state index is 13.0. The van der Waals surface area contributed by atoms with Gasteiger partial charge in [-0.05, 0) is 24.3 Å². The van der Waals surface area contributed by atoms with Gasteiger partial charge in [0.05, 0.1) is 33.4 Å². The first-order valence-corrected chi connectivity index (χ1v) is 8.08. The summed E-state index contributed by atoms with van der Waals surface area (Å²) >= 11 is 0. The summed E-state index contributed by atoms with van der Waals surface area (Å²) in [6.07, 6.45) is 0. The van der Waals surface area contributed by atoms with Gasteiger partial charge < -0.3 is 30.6 Å². The van der Waals surface area contributed by atoms with Gasteiger partial charge in [-0.2, -0.15) is 0 Å². The molecule has 0 amide bonds. The molecule has 2 rings (SSSR count). The molecule has 0 bridgehead atoms. The Bertz CT molecular complexity index is 1160. The molecule has 0 spiro atoms. The van der Waals surface area contributed by atoms with Gasteiger partial charge in [-0.3, -0.25) is 4.79 Å². The summed E-state index contributed by atoms with van der Waals surface area (Å²) in [5.74, 6) is -12.6. The molecule has 32 heavy (non-hydrogen) atoms. The van der Waals surface area contributed by atoms with E-state index in [2.05, 4.69) is 0 Å². The quantitative estimate of drug-likeness (QED) is 0.312. The second kappa shape index (κ2) is 8.35. The van der Waals surface area contributed by atoms with E-state index in [1.165, 1.54) is 0 Å². The zero-order valence-corrected chi connectivity index (χ0v) is 15.4. The average Bonchev–Trinajstić information content (AvgIpc) is 2.70. The highest BCUT2D eigenvalue weighted by Crippen LogP contribution is 2.25. The van der Waals surface area contributed by atoms with E-state index in [9.17, 15) is 54.0 Å². The number of benzene rings is 2. The van der Waals surface area contributed by atoms with E-state index in [4.69, 9.17) is 10.2 Å². The molecule has 164 valence electrons. The van der Waals surface area contributed by atoms with Gasteiger partial charge in [0.1, 0.15) is 0 Å². The van der Waals surface area contributed by atoms with Crippen LogP contribution in [0.2, 0.25) is 0 Å². The second-order valence-electron chi connectivity index (χ2n) is 6.05. The van der Waals surface area contributed by atoms with Crippen LogP contribution in [-0.4, -0.2) is 72.2 Å². The molecule has 0 aliphatic carbocycles. The first-order valence-electron chi connectivity index (χ1n) is 8.08. The Morgan fingerprint density at radius 1 is 0.344 bits per heavy atom. The summed E-state index contributed by atoms with van der Waals surface area (Å²) in [7, 11) is 0. The van der Waals surface area contributed by atoms with Crippen LogP contribution in [0.3, 0.4) is 0 Å². The van der Waals surface area contributed by atoms with Crippen molar-refractivity contribution in [3.63, 3.8) is 0 Å². The zero-order valence-electron chi connectivity index (χ0n) is 15.4. The molecule has 13 nitrogen and oxygen atoms in total. The van der Waals surface area contributed by atoms with Crippen molar-refractivity contribution < 1.29 is 64.2 Å². The van der Waals surface area contributed by atoms with Crippen molar-refractivity contribution in [3.8, 4) is 0 Å². The fourth-order valence-electron chi connectivity index (χ4n) is 2.78. The van der Waals surface area contributed by atoms with Crippen LogP contribution in [0.1, 0.15) is 78.1 Å². The van der Waals surface area contributed by atoms with Crippen molar-refractivity contribution in [2.45, 2.75) is 0 Å². The fourth-order valence-corrected chi connectivity index (χ4v) is 2.78. The monoisotopic (exact) mass is 446 g/mol. The lowest BCUT2D eigenvalue weighted by Gasteiger charge is -2.13. The SMILES string of the molecule is O=C(O)c1cc(C(=O)O)c(C(=O)c2cc(C(=O)O)c(C(=O)O)cc2C(=O)O)cc1C(=O)O. The topological polar surface area (TPSA) is 241 Å². The molecule has 0 unspecified atom stereocenters. The highest BCUT2D eigenvalue weighted by Gasteiger charge is 2.30. The minimum atomic E-state index is -1.87. The van der Waals surface area contributed by atoms with Crippen molar-refractivity contribution in [3.05, 3.63) is 68.8 Å². The normalized spacial score (nSPS) is 10.2. The number of carboxylic acid groups (broad SMARTS) is 6. The summed E-state index contributed by atoms with van der Waals surface area (Å²) in [4.78, 5) is 81.5. The Morgan fingerprint density at radius 3 is 0.688 bits per heavy atom. The lowest BCUT2D eigenvalue weighted by atomic mass is 9.89. The molecule has 0 fully saturated rings. The number of carbonyl (C=O) groups is 7. The zero-order chi connectivity index (χ0) is 24.5. The van der Waals surface area contributed by atoms with Crippen molar-refractivity contribution in [1.29, 1.82) is 0 Å². The molecule has 13 heteroatoms. The number of carboxylic acids is 6. The summed E-state index contributed by atoms with van der Waals surface area (Å²) in [5, 5.41) is 55.4. The van der Waals surface area contributed by atoms with Crippen LogP contribution in [0.25, 0.3) is 0 Å². The number of rotatable bonds is 8. The number of aromatic carboxylic acids is 6. The summed E-state index contributed by atoms with van der Waals surface area (Å²) in [6.45, 7) is 0. The predicted molar refractivity (Wildman–Crippen MR) is 98.1 cm³/mol. The van der Waals surface area contributed by atoms with E-state index in [1.807, 2.05) is 0 Å². The highest BCUT2D eigenvalue weighted by atomic mass is 16.4. The maximum atomic E-state index is 13.0. The number of hydrogen-bond donors (Lipinski definition) is 6. The van der Waals surface area contributed by atoms with Crippen molar-refractivity contribution >= 4 is 41.6 Å². The molecule has 2 aromatic rings. The van der Waals surface area contributed by atoms with E-state index in [-0.39, 0.29) is 0 Å². The molecule has 0 saturated carbocycles. The van der Waals surface area contributed by atoms with Gasteiger partial charge in [-0.15, -0.1) is 0 Å². The number of hydrogen-bond acceptors (Lipinski definition) is 7. The second-order valence-corrected chi connectivity index (χ2v) is 6.05. The van der Waals surface area contributed by atoms with Gasteiger partial charge in [0.25, 0.3) is 0 Å². The Morgan fingerprint density at radius 2 is 0.500 bits per heavy atom. The molecular weight excluding hydrogens is 436 g/mol. The fraction of sp³-hybridized carbons (Fsp3) is 0. The van der Waals surface area contributed by atoms with Crippen LogP contribution < -0.4 is 0 Å². The van der Waals surface area contributed by atoms with Gasteiger partial charge >= 0.3 is 35.8 Å². The maximum Gasteiger partial charge on any atom is 0.336 e. The first kappa shape index (κ1) is 23.2. The Balaban J connectivity index is 2.96. The van der Waals surface area contributed by atoms with Gasteiger partial charge in [0.2, 0.25) is 0 Å². The van der Waals surface area contributed by atoms with E-state index >= 15 is 0 Å². The largest absolute Gasteiger partial charge is 0.478 e. The summed E-state index contributed by atoms with van der Waals surface area (Å²) in [6, 6.07) is 1.56. The highest BCUT2D eigenvalue weighted by molar-refractivity contribution is 6.21. The van der Waals surface area contributed by atoms with Crippen LogP contribution in [0.4, 0.5) is 0 Å². The lowest BCUT2D eigenvalue weighted by Crippen LogP contribution is -2.20. The molecular formula is C19H10O13. The third kappa shape index (κ3) is 4.11. The molecule has 2 aromatic carbocycles. The smallest absolute Gasteiger partial charge is 0.336 e. The molecule has 0 aliphatic heterocycles. The molecule has 0 radical (unpaired) electrons. The molecule has 0 atom stereocenters. The van der Waals surface area contributed by atoms with Crippen LogP contribution in [-0.2, 0) is 0 Å². The number of carbonyl (C=O) groups excluding carboxylic acids is 1. The summed E-state index contributed by atoms with van der Waals surface area (Å²) in [5.41, 5.74) is -7.87. The van der Waals surface area contributed by atoms with Gasteiger partial charge in [-0.25, -0.2) is 28.8 Å². The van der Waals surface area contributed by atoms with Crippen molar-refractivity contribution in [1.82, 2.24) is 0 Å². The average molecular weight is 446 g/mol. The predicted octanol–water partition coefficient (Wildman–Crippen LogP) is 1.11. The van der Waals surface area contributed by atoms with Gasteiger partial charge in [0.15, 0.2) is 5.78 Å². The van der Waals surface area contributed by atoms with Crippen LogP contribution in [0.15, 0.2) is 24.3 Å². The molecule has 6 N–H and O–H groups in total. The van der Waals surface area contributed by atoms with E-state index < -0.39 is 86.1 Å². The van der Waals surface area contributed by atoms with E-state index in [1.54, 1.807) is 0 Å². The third-order valence-corrected chi connectivity index (χ3v) is 4.19. The Kier molecular flexibility index (Phi) is 6.06. The van der Waals surface area contributed by atoms with E-state index in [0.717, 1.165) is 0 Å². The molecule has 0 aromatic heterocycles. The van der Waals surface area contributed by atoms with Crippen LogP contribution in [0.5, 0.6) is 0 Å². The minimum Gasteiger partial charge on any atom is -0.478 e. The van der Waals surface area contributed by atoms with Crippen molar-refractivity contribution in [2.24, 2.45) is 0 Å². The molecule has 0 heterocycles. The van der Waals surface area contributed by atoms with Gasteiger partial charge in [-0.1, -0.05) is 0 Å². The minimum absolute atomic E-state index is 0.380. The third-order valence-electron chi connectivity index (χ3n) is 4.19. The Hall–Kier alpha value is -5.07. The van der Waals surface area contributed by atoms with Gasteiger partial charge in [0, 0.05) is 11.1 Å². The molecule has 0 saturated heterocycles. The number of ketones is 1. The van der Waals surface area contributed by atoms with Crippen LogP contribution in [0, 0.1) is 0 Å². The Labute approximate surface area is 175 Å². The van der Waals surface area contributed by atoms with Crippen molar-refractivity contribution in [2.75, 3.05) is 0 Å². The van der Waals surface area contributed by atoms with E-state index in [0.29, 0.717) is 24.3 Å². The first-order chi connectivity index (χ1) is 14.8. The molecule has 0 aliphatic rings. The summed E-state index contributed by atoms with van der Waals surface area (Å²) < 4.78 is 0. The lowest BCUT2D eigenvalue weighted by molar-refractivity contribution is 0.0648. The van der Waals surface area contributed by atoms with Crippen LogP contribution >= 0.6 is 0 Å². The standard InChI is InChI=1S/C19H10O13/c20-13(5-1-9(16(25)26)11(18(29)30)3-7(5)14(21)22)6-2-10(17(27)28)12(19(31)32)4-8(6)15(23)24/h1-4H,(H,21,22)(H,23,24)(H,25,26)(H,27,28)(H,29,30)(H,31,32).